The van der Waals surface area contributed by atoms with E-state index in [1.54, 1.807) is 25.4 Å². The number of pyridine rings is 1. The van der Waals surface area contributed by atoms with E-state index in [0.717, 1.165) is 50.7 Å². The van der Waals surface area contributed by atoms with Crippen molar-refractivity contribution in [3.05, 3.63) is 71.6 Å². The SMILES string of the molecule is Cc1nc(CN2CCN(Cc3cccc(C(=O)Nc4cccnc4)c3)CC2)no1. The normalized spacial score (nSPS) is 15.3. The predicted molar refractivity (Wildman–Crippen MR) is 108 cm³/mol. The summed E-state index contributed by atoms with van der Waals surface area (Å²) in [4.78, 5) is 25.5. The molecule has 0 saturated carbocycles. The Morgan fingerprint density at radius 2 is 1.90 bits per heavy atom. The highest BCUT2D eigenvalue weighted by Crippen LogP contribution is 2.14. The Kier molecular flexibility index (Phi) is 5.92. The molecule has 8 heteroatoms. The first-order valence-corrected chi connectivity index (χ1v) is 9.70. The van der Waals surface area contributed by atoms with Gasteiger partial charge >= 0.3 is 0 Å². The largest absolute Gasteiger partial charge is 0.340 e. The summed E-state index contributed by atoms with van der Waals surface area (Å²) in [6.07, 6.45) is 3.32. The summed E-state index contributed by atoms with van der Waals surface area (Å²) in [6, 6.07) is 11.4. The van der Waals surface area contributed by atoms with Crippen molar-refractivity contribution in [3.8, 4) is 0 Å². The Morgan fingerprint density at radius 1 is 1.10 bits per heavy atom. The van der Waals surface area contributed by atoms with E-state index in [1.807, 2.05) is 24.3 Å². The summed E-state index contributed by atoms with van der Waals surface area (Å²) in [7, 11) is 0. The van der Waals surface area contributed by atoms with Crippen molar-refractivity contribution in [2.45, 2.75) is 20.0 Å². The number of hydrogen-bond acceptors (Lipinski definition) is 7. The molecule has 4 rings (SSSR count). The molecule has 1 amide bonds. The van der Waals surface area contributed by atoms with E-state index in [1.165, 1.54) is 0 Å². The van der Waals surface area contributed by atoms with E-state index >= 15 is 0 Å². The number of rotatable bonds is 6. The molecule has 1 aromatic carbocycles. The second kappa shape index (κ2) is 8.93. The molecule has 0 spiro atoms. The number of carbonyl (C=O) groups is 1. The molecule has 1 aliphatic rings. The summed E-state index contributed by atoms with van der Waals surface area (Å²) >= 11 is 0. The fourth-order valence-corrected chi connectivity index (χ4v) is 3.42. The van der Waals surface area contributed by atoms with Gasteiger partial charge in [-0.05, 0) is 29.8 Å². The van der Waals surface area contributed by atoms with Gasteiger partial charge in [-0.1, -0.05) is 17.3 Å². The molecular weight excluding hydrogens is 368 g/mol. The summed E-state index contributed by atoms with van der Waals surface area (Å²) in [6.45, 7) is 7.17. The van der Waals surface area contributed by atoms with Gasteiger partial charge in [0.1, 0.15) is 0 Å². The van der Waals surface area contributed by atoms with E-state index in [9.17, 15) is 4.79 Å². The maximum Gasteiger partial charge on any atom is 0.255 e. The minimum absolute atomic E-state index is 0.125. The lowest BCUT2D eigenvalue weighted by Crippen LogP contribution is -2.45. The smallest absolute Gasteiger partial charge is 0.255 e. The summed E-state index contributed by atoms with van der Waals surface area (Å²) in [5.41, 5.74) is 2.47. The molecule has 150 valence electrons. The highest BCUT2D eigenvalue weighted by Gasteiger charge is 2.19. The molecule has 29 heavy (non-hydrogen) atoms. The van der Waals surface area contributed by atoms with Gasteiger partial charge in [0, 0.05) is 51.4 Å². The number of hydrogen-bond donors (Lipinski definition) is 1. The van der Waals surface area contributed by atoms with Crippen molar-refractivity contribution in [3.63, 3.8) is 0 Å². The second-order valence-electron chi connectivity index (χ2n) is 7.18. The number of benzene rings is 1. The van der Waals surface area contributed by atoms with Gasteiger partial charge in [-0.25, -0.2) is 0 Å². The first kappa shape index (κ1) is 19.2. The number of anilines is 1. The fraction of sp³-hybridized carbons (Fsp3) is 0.333. The van der Waals surface area contributed by atoms with E-state index in [0.29, 0.717) is 17.1 Å². The van der Waals surface area contributed by atoms with Crippen LogP contribution in [0.1, 0.15) is 27.6 Å². The Hall–Kier alpha value is -3.10. The van der Waals surface area contributed by atoms with Crippen LogP contribution in [0.4, 0.5) is 5.69 Å². The maximum atomic E-state index is 12.5. The van der Waals surface area contributed by atoms with Crippen LogP contribution in [0.3, 0.4) is 0 Å². The van der Waals surface area contributed by atoms with E-state index in [2.05, 4.69) is 36.3 Å². The van der Waals surface area contributed by atoms with Crippen molar-refractivity contribution in [1.29, 1.82) is 0 Å². The van der Waals surface area contributed by atoms with Crippen LogP contribution in [0, 0.1) is 6.92 Å². The highest BCUT2D eigenvalue weighted by atomic mass is 16.5. The average molecular weight is 392 g/mol. The monoisotopic (exact) mass is 392 g/mol. The van der Waals surface area contributed by atoms with E-state index in [-0.39, 0.29) is 5.91 Å². The number of carbonyl (C=O) groups excluding carboxylic acids is 1. The lowest BCUT2D eigenvalue weighted by Gasteiger charge is -2.34. The van der Waals surface area contributed by atoms with Crippen LogP contribution in [0.25, 0.3) is 0 Å². The third-order valence-corrected chi connectivity index (χ3v) is 4.91. The number of piperazine rings is 1. The third-order valence-electron chi connectivity index (χ3n) is 4.91. The van der Waals surface area contributed by atoms with Crippen molar-refractivity contribution >= 4 is 11.6 Å². The molecule has 2 aromatic heterocycles. The summed E-state index contributed by atoms with van der Waals surface area (Å²) < 4.78 is 5.04. The minimum Gasteiger partial charge on any atom is -0.340 e. The summed E-state index contributed by atoms with van der Waals surface area (Å²) in [5, 5.41) is 6.85. The van der Waals surface area contributed by atoms with Crippen LogP contribution in [-0.2, 0) is 13.1 Å². The highest BCUT2D eigenvalue weighted by molar-refractivity contribution is 6.04. The van der Waals surface area contributed by atoms with Gasteiger partial charge in [0.15, 0.2) is 5.82 Å². The zero-order valence-electron chi connectivity index (χ0n) is 16.4. The second-order valence-corrected chi connectivity index (χ2v) is 7.18. The lowest BCUT2D eigenvalue weighted by molar-refractivity contribution is 0.102. The number of amides is 1. The van der Waals surface area contributed by atoms with Crippen LogP contribution in [0.5, 0.6) is 0 Å². The van der Waals surface area contributed by atoms with E-state index in [4.69, 9.17) is 4.52 Å². The van der Waals surface area contributed by atoms with Crippen LogP contribution in [-0.4, -0.2) is 57.0 Å². The molecular formula is C21H24N6O2. The number of aryl methyl sites for hydroxylation is 1. The predicted octanol–water partition coefficient (Wildman–Crippen LogP) is 2.34. The fourth-order valence-electron chi connectivity index (χ4n) is 3.42. The molecule has 0 bridgehead atoms. The van der Waals surface area contributed by atoms with Crippen molar-refractivity contribution < 1.29 is 9.32 Å². The van der Waals surface area contributed by atoms with Crippen molar-refractivity contribution in [2.75, 3.05) is 31.5 Å². The molecule has 0 radical (unpaired) electrons. The van der Waals surface area contributed by atoms with Crippen molar-refractivity contribution in [2.24, 2.45) is 0 Å². The molecule has 0 unspecified atom stereocenters. The molecule has 3 aromatic rings. The van der Waals surface area contributed by atoms with Gasteiger partial charge in [0.05, 0.1) is 18.4 Å². The molecule has 1 aliphatic heterocycles. The molecule has 1 N–H and O–H groups in total. The zero-order valence-corrected chi connectivity index (χ0v) is 16.4. The van der Waals surface area contributed by atoms with Gasteiger partial charge in [-0.15, -0.1) is 0 Å². The van der Waals surface area contributed by atoms with Crippen LogP contribution in [0.2, 0.25) is 0 Å². The van der Waals surface area contributed by atoms with Crippen LogP contribution >= 0.6 is 0 Å². The first-order valence-electron chi connectivity index (χ1n) is 9.70. The Balaban J connectivity index is 1.30. The van der Waals surface area contributed by atoms with Gasteiger partial charge in [-0.3, -0.25) is 19.6 Å². The van der Waals surface area contributed by atoms with Gasteiger partial charge in [0.2, 0.25) is 5.89 Å². The molecule has 1 saturated heterocycles. The standard InChI is InChI=1S/C21H24N6O2/c1-16-23-20(25-29-16)15-27-10-8-26(9-11-27)14-17-4-2-5-18(12-17)21(28)24-19-6-3-7-22-13-19/h2-7,12-13H,8-11,14-15H2,1H3,(H,24,28). The molecule has 8 nitrogen and oxygen atoms in total. The quantitative estimate of drug-likeness (QED) is 0.689. The zero-order chi connectivity index (χ0) is 20.1. The molecule has 0 atom stereocenters. The van der Waals surface area contributed by atoms with Gasteiger partial charge in [0.25, 0.3) is 5.91 Å². The van der Waals surface area contributed by atoms with Gasteiger partial charge in [-0.2, -0.15) is 4.98 Å². The third kappa shape index (κ3) is 5.24. The molecule has 3 heterocycles. The van der Waals surface area contributed by atoms with E-state index < -0.39 is 0 Å². The first-order chi connectivity index (χ1) is 14.2. The van der Waals surface area contributed by atoms with Crippen molar-refractivity contribution in [1.82, 2.24) is 24.9 Å². The Morgan fingerprint density at radius 3 is 2.59 bits per heavy atom. The molecule has 1 fully saturated rings. The number of nitrogens with zero attached hydrogens (tertiary/aromatic N) is 5. The van der Waals surface area contributed by atoms with Gasteiger partial charge < -0.3 is 9.84 Å². The Labute approximate surface area is 169 Å². The number of aromatic nitrogens is 3. The Bertz CT molecular complexity index is 951. The number of nitrogens with one attached hydrogen (secondary N) is 1. The lowest BCUT2D eigenvalue weighted by atomic mass is 10.1. The topological polar surface area (TPSA) is 87.4 Å². The van der Waals surface area contributed by atoms with Crippen LogP contribution < -0.4 is 5.32 Å². The molecule has 0 aliphatic carbocycles. The minimum atomic E-state index is -0.125. The average Bonchev–Trinajstić information content (AvgIpc) is 3.15. The summed E-state index contributed by atoms with van der Waals surface area (Å²) in [5.74, 6) is 1.22. The maximum absolute atomic E-state index is 12.5. The van der Waals surface area contributed by atoms with Crippen LogP contribution in [0.15, 0.2) is 53.3 Å².